The maximum atomic E-state index is 12.6. The lowest BCUT2D eigenvalue weighted by Gasteiger charge is -2.30. The minimum atomic E-state index is 0.0657. The van der Waals surface area contributed by atoms with E-state index in [9.17, 15) is 9.59 Å². The average molecular weight is 297 g/mol. The Labute approximate surface area is 129 Å². The highest BCUT2D eigenvalue weighted by Gasteiger charge is 2.21. The van der Waals surface area contributed by atoms with E-state index in [-0.39, 0.29) is 11.7 Å². The molecule has 22 heavy (non-hydrogen) atoms. The molecule has 3 rings (SSSR count). The summed E-state index contributed by atoms with van der Waals surface area (Å²) in [5.41, 5.74) is 1.47. The lowest BCUT2D eigenvalue weighted by molar-refractivity contribution is 0.0697. The van der Waals surface area contributed by atoms with Crippen molar-refractivity contribution in [2.75, 3.05) is 13.1 Å². The summed E-state index contributed by atoms with van der Waals surface area (Å²) in [6.45, 7) is 3.87. The molecular formula is C18H19NO3. The molecule has 2 aromatic rings. The van der Waals surface area contributed by atoms with Crippen LogP contribution < -0.4 is 0 Å². The maximum Gasteiger partial charge on any atom is 0.253 e. The second-order valence-corrected chi connectivity index (χ2v) is 5.88. The van der Waals surface area contributed by atoms with Gasteiger partial charge in [-0.3, -0.25) is 9.59 Å². The number of hydrogen-bond acceptors (Lipinski definition) is 3. The summed E-state index contributed by atoms with van der Waals surface area (Å²) in [4.78, 5) is 25.2. The van der Waals surface area contributed by atoms with Crippen LogP contribution in [0.1, 0.15) is 40.7 Å². The molecule has 1 aromatic carbocycles. The predicted octanol–water partition coefficient (Wildman–Crippen LogP) is 3.63. The number of aldehydes is 1. The van der Waals surface area contributed by atoms with Crippen molar-refractivity contribution in [3.8, 4) is 11.3 Å². The van der Waals surface area contributed by atoms with Gasteiger partial charge in [-0.2, -0.15) is 0 Å². The number of likely N-dealkylation sites (tertiary alicyclic amines) is 1. The van der Waals surface area contributed by atoms with Crippen LogP contribution in [0.5, 0.6) is 0 Å². The number of nitrogens with zero attached hydrogens (tertiary/aromatic N) is 1. The van der Waals surface area contributed by atoms with E-state index in [0.717, 1.165) is 31.5 Å². The standard InChI is InChI=1S/C18H19NO3/c1-13-7-9-19(10-8-13)18(21)15-4-2-3-14(11-15)17-6-5-16(12-20)22-17/h2-6,11-13H,7-10H2,1H3. The van der Waals surface area contributed by atoms with Gasteiger partial charge in [-0.15, -0.1) is 0 Å². The molecule has 4 nitrogen and oxygen atoms in total. The van der Waals surface area contributed by atoms with E-state index >= 15 is 0 Å². The molecule has 1 aliphatic heterocycles. The normalized spacial score (nSPS) is 15.8. The summed E-state index contributed by atoms with van der Waals surface area (Å²) in [6.07, 6.45) is 2.80. The van der Waals surface area contributed by atoms with Gasteiger partial charge in [0.05, 0.1) is 0 Å². The van der Waals surface area contributed by atoms with Crippen LogP contribution in [-0.2, 0) is 0 Å². The number of rotatable bonds is 3. The predicted molar refractivity (Wildman–Crippen MR) is 83.8 cm³/mol. The Hall–Kier alpha value is -2.36. The van der Waals surface area contributed by atoms with Crippen molar-refractivity contribution in [3.05, 3.63) is 47.7 Å². The fraction of sp³-hybridized carbons (Fsp3) is 0.333. The van der Waals surface area contributed by atoms with Crippen molar-refractivity contribution in [1.29, 1.82) is 0 Å². The second-order valence-electron chi connectivity index (χ2n) is 5.88. The Morgan fingerprint density at radius 2 is 2.00 bits per heavy atom. The SMILES string of the molecule is CC1CCN(C(=O)c2cccc(-c3ccc(C=O)o3)c2)CC1. The quantitative estimate of drug-likeness (QED) is 0.813. The van der Waals surface area contributed by atoms with Gasteiger partial charge in [0.25, 0.3) is 5.91 Å². The van der Waals surface area contributed by atoms with E-state index < -0.39 is 0 Å². The molecule has 114 valence electrons. The minimum Gasteiger partial charge on any atom is -0.453 e. The summed E-state index contributed by atoms with van der Waals surface area (Å²) in [6, 6.07) is 10.8. The first-order valence-electron chi connectivity index (χ1n) is 7.62. The molecule has 0 bridgehead atoms. The molecule has 1 saturated heterocycles. The number of furan rings is 1. The number of benzene rings is 1. The molecule has 0 spiro atoms. The average Bonchev–Trinajstić information content (AvgIpc) is 3.04. The molecule has 1 aromatic heterocycles. The van der Waals surface area contributed by atoms with Crippen LogP contribution in [0, 0.1) is 5.92 Å². The fourth-order valence-corrected chi connectivity index (χ4v) is 2.77. The van der Waals surface area contributed by atoms with E-state index in [1.54, 1.807) is 12.1 Å². The molecule has 0 radical (unpaired) electrons. The Morgan fingerprint density at radius 3 is 2.68 bits per heavy atom. The Morgan fingerprint density at radius 1 is 1.23 bits per heavy atom. The summed E-state index contributed by atoms with van der Waals surface area (Å²) in [7, 11) is 0. The van der Waals surface area contributed by atoms with E-state index in [0.29, 0.717) is 23.5 Å². The molecule has 0 unspecified atom stereocenters. The van der Waals surface area contributed by atoms with Crippen molar-refractivity contribution in [2.24, 2.45) is 5.92 Å². The van der Waals surface area contributed by atoms with Gasteiger partial charge in [0.2, 0.25) is 0 Å². The molecule has 0 aliphatic carbocycles. The number of carbonyl (C=O) groups excluding carboxylic acids is 2. The molecule has 0 saturated carbocycles. The fourth-order valence-electron chi connectivity index (χ4n) is 2.77. The van der Waals surface area contributed by atoms with Crippen LogP contribution in [0.3, 0.4) is 0 Å². The van der Waals surface area contributed by atoms with E-state index in [4.69, 9.17) is 4.42 Å². The van der Waals surface area contributed by atoms with Crippen molar-refractivity contribution in [3.63, 3.8) is 0 Å². The van der Waals surface area contributed by atoms with Crippen molar-refractivity contribution < 1.29 is 14.0 Å². The third-order valence-electron chi connectivity index (χ3n) is 4.21. The molecule has 4 heteroatoms. The molecule has 0 atom stereocenters. The molecule has 2 heterocycles. The van der Waals surface area contributed by atoms with E-state index in [1.807, 2.05) is 29.2 Å². The van der Waals surface area contributed by atoms with Crippen LogP contribution in [0.4, 0.5) is 0 Å². The second kappa shape index (κ2) is 6.18. The Kier molecular flexibility index (Phi) is 4.09. The van der Waals surface area contributed by atoms with Crippen LogP contribution in [0.2, 0.25) is 0 Å². The summed E-state index contributed by atoms with van der Waals surface area (Å²) in [5.74, 6) is 1.65. The number of hydrogen-bond donors (Lipinski definition) is 0. The first-order chi connectivity index (χ1) is 10.7. The smallest absolute Gasteiger partial charge is 0.253 e. The van der Waals surface area contributed by atoms with Crippen LogP contribution >= 0.6 is 0 Å². The molecule has 1 fully saturated rings. The van der Waals surface area contributed by atoms with Crippen LogP contribution in [-0.4, -0.2) is 30.2 Å². The van der Waals surface area contributed by atoms with Crippen molar-refractivity contribution in [2.45, 2.75) is 19.8 Å². The Balaban J connectivity index is 1.81. The first kappa shape index (κ1) is 14.6. The first-order valence-corrected chi connectivity index (χ1v) is 7.62. The molecule has 1 aliphatic rings. The van der Waals surface area contributed by atoms with E-state index in [2.05, 4.69) is 6.92 Å². The van der Waals surface area contributed by atoms with Crippen molar-refractivity contribution in [1.82, 2.24) is 4.90 Å². The number of amides is 1. The Bertz CT molecular complexity index is 681. The summed E-state index contributed by atoms with van der Waals surface area (Å²) < 4.78 is 5.42. The molecule has 1 amide bonds. The van der Waals surface area contributed by atoms with Crippen LogP contribution in [0.25, 0.3) is 11.3 Å². The maximum absolute atomic E-state index is 12.6. The number of piperidine rings is 1. The molecular weight excluding hydrogens is 278 g/mol. The minimum absolute atomic E-state index is 0.0657. The number of carbonyl (C=O) groups is 2. The summed E-state index contributed by atoms with van der Waals surface area (Å²) in [5, 5.41) is 0. The zero-order chi connectivity index (χ0) is 15.5. The highest BCUT2D eigenvalue weighted by atomic mass is 16.3. The van der Waals surface area contributed by atoms with Gasteiger partial charge < -0.3 is 9.32 Å². The van der Waals surface area contributed by atoms with Gasteiger partial charge in [-0.05, 0) is 43.0 Å². The van der Waals surface area contributed by atoms with E-state index in [1.165, 1.54) is 0 Å². The third-order valence-corrected chi connectivity index (χ3v) is 4.21. The van der Waals surface area contributed by atoms with Gasteiger partial charge >= 0.3 is 0 Å². The highest BCUT2D eigenvalue weighted by molar-refractivity contribution is 5.95. The third kappa shape index (κ3) is 2.96. The van der Waals surface area contributed by atoms with Gasteiger partial charge in [-0.1, -0.05) is 19.1 Å². The summed E-state index contributed by atoms with van der Waals surface area (Å²) >= 11 is 0. The van der Waals surface area contributed by atoms with Crippen LogP contribution in [0.15, 0.2) is 40.8 Å². The molecule has 0 N–H and O–H groups in total. The zero-order valence-corrected chi connectivity index (χ0v) is 12.6. The largest absolute Gasteiger partial charge is 0.453 e. The van der Waals surface area contributed by atoms with Gasteiger partial charge in [0.1, 0.15) is 5.76 Å². The highest BCUT2D eigenvalue weighted by Crippen LogP contribution is 2.24. The van der Waals surface area contributed by atoms with Crippen molar-refractivity contribution >= 4 is 12.2 Å². The zero-order valence-electron chi connectivity index (χ0n) is 12.6. The lowest BCUT2D eigenvalue weighted by atomic mass is 9.98. The lowest BCUT2D eigenvalue weighted by Crippen LogP contribution is -2.37. The topological polar surface area (TPSA) is 50.5 Å². The van der Waals surface area contributed by atoms with Gasteiger partial charge in [0.15, 0.2) is 12.0 Å². The van der Waals surface area contributed by atoms with Gasteiger partial charge in [0, 0.05) is 24.2 Å². The van der Waals surface area contributed by atoms with Gasteiger partial charge in [-0.25, -0.2) is 0 Å². The monoisotopic (exact) mass is 297 g/mol.